The highest BCUT2D eigenvalue weighted by molar-refractivity contribution is 7.96. The molecule has 0 bridgehead atoms. The van der Waals surface area contributed by atoms with Crippen molar-refractivity contribution >= 4 is 116 Å². The summed E-state index contributed by atoms with van der Waals surface area (Å²) in [6.45, 7) is 2.03. The van der Waals surface area contributed by atoms with E-state index in [0.29, 0.717) is 0 Å². The number of ether oxygens (including phenoxy) is 20. The van der Waals surface area contributed by atoms with Gasteiger partial charge < -0.3 is 236 Å². The molecule has 40 atom stereocenters. The first-order chi connectivity index (χ1) is 64.8. The summed E-state index contributed by atoms with van der Waals surface area (Å²) in [6.07, 6.45) is -55.6. The molecule has 4 amide bonds. The Bertz CT molecular complexity index is 3920. The summed E-state index contributed by atoms with van der Waals surface area (Å²) in [6, 6.07) is -4.99. The van der Waals surface area contributed by atoms with Crippen molar-refractivity contribution < 1.29 is 305 Å². The first kappa shape index (κ1) is 126. The lowest BCUT2D eigenvalue weighted by Crippen LogP contribution is -2.71. The van der Waals surface area contributed by atoms with Crippen molar-refractivity contribution in [2.24, 2.45) is 0 Å². The van der Waals surface area contributed by atoms with Crippen LogP contribution in [0.3, 0.4) is 0 Å². The minimum Gasteiger partial charge on any atom is -0.848 e. The van der Waals surface area contributed by atoms with Gasteiger partial charge in [-0.25, -0.2) is 18.2 Å². The summed E-state index contributed by atoms with van der Waals surface area (Å²) in [7, 11) is -2.56. The molecule has 0 saturated carbocycles. The molecule has 8 fully saturated rings. The molecule has 74 heteroatoms. The Labute approximate surface area is 793 Å². The Morgan fingerprint density at radius 2 is 0.630 bits per heavy atom. The molecule has 0 aliphatic carbocycles. The van der Waals surface area contributed by atoms with Gasteiger partial charge in [-0.1, -0.05) is 46.9 Å². The third kappa shape index (κ3) is 36.5. The van der Waals surface area contributed by atoms with Gasteiger partial charge in [0.1, 0.15) is 175 Å². The number of amides is 4. The number of rotatable bonds is 40. The van der Waals surface area contributed by atoms with Crippen molar-refractivity contribution in [3.63, 3.8) is 0 Å². The van der Waals surface area contributed by atoms with Crippen LogP contribution in [0.15, 0.2) is 0 Å². The van der Waals surface area contributed by atoms with Crippen molar-refractivity contribution in [3.8, 4) is 0 Å². The maximum Gasteiger partial charge on any atom is 0.425 e. The van der Waals surface area contributed by atoms with E-state index in [4.69, 9.17) is 120 Å². The molecule has 0 aromatic carbocycles. The molecule has 68 nitrogen and oxygen atoms in total. The average molecular weight is 2140 g/mol. The van der Waals surface area contributed by atoms with Crippen molar-refractivity contribution in [2.45, 2.75) is 271 Å². The molecular formula is C64H98N4O64S6-10. The lowest BCUT2D eigenvalue weighted by molar-refractivity contribution is -0.777. The van der Waals surface area contributed by atoms with Crippen molar-refractivity contribution in [1.29, 1.82) is 0 Å². The average Bonchev–Trinajstić information content (AvgIpc) is 0.754. The third-order valence-electron chi connectivity index (χ3n) is 19.9. The van der Waals surface area contributed by atoms with Gasteiger partial charge in [0, 0.05) is 96.6 Å². The summed E-state index contributed by atoms with van der Waals surface area (Å²) >= 11 is -0.850. The lowest BCUT2D eigenvalue weighted by Gasteiger charge is -2.51. The predicted molar refractivity (Wildman–Crippen MR) is 400 cm³/mol. The number of methoxy groups -OCH3 is 8. The highest BCUT2D eigenvalue weighted by Crippen LogP contribution is 2.40. The van der Waals surface area contributed by atoms with Crippen LogP contribution < -0.4 is 57.2 Å². The van der Waals surface area contributed by atoms with Crippen LogP contribution in [0.2, 0.25) is 0 Å². The zero-order chi connectivity index (χ0) is 105. The smallest absolute Gasteiger partial charge is 0.425 e. The van der Waals surface area contributed by atoms with E-state index < -0.39 is 374 Å². The van der Waals surface area contributed by atoms with E-state index in [1.54, 1.807) is 0 Å². The molecular weight excluding hydrogens is 2040 g/mol. The SMILES string of the molecule is CO[C@@H]1OC(CO)[C@H](O)[C@H](O[C@@H]2OC(C(=O)[O-])[C@@H](OC)[C@H](SOO[O-])C2S(=O)(=O)[O-])C1NC(C)=O.CO[C@@H]1OC(CO)[C@H]([O-])[C@H](O[C@@H]2OC(C(=O)[O-])[C@@H](OC)[C@H](O)C2O)C1NC(C)=O.CO[C@@H]1OC(COOOS[O-])[C@H](O)[C@H](O[C@@H]2OC(C(=O)[O-])[C@@H](OC)[C@H](O)C2O)C1NC(C)=O.CO[C@@H]1OC(COOOS[O-])[C@H]([O-])[C@H](O[C@@H]2OC(C(=O)[O-])[C@@H](OC)[C@H](O)C2O)C1NC(C)=O.O=S(=O)=O.O=S(=O)=O. The van der Waals surface area contributed by atoms with E-state index in [9.17, 15) is 147 Å². The summed E-state index contributed by atoms with van der Waals surface area (Å²) in [5.74, 6) is -9.53. The van der Waals surface area contributed by atoms with Gasteiger partial charge >= 0.3 is 21.2 Å². The maximum atomic E-state index is 13.1. The number of aliphatic carboxylic acids is 4. The fourth-order valence-electron chi connectivity index (χ4n) is 14.1. The molecule has 0 aromatic heterocycles. The topological polar surface area (TPSA) is 1010 Å². The monoisotopic (exact) mass is 2140 g/mol. The van der Waals surface area contributed by atoms with E-state index >= 15 is 0 Å². The summed E-state index contributed by atoms with van der Waals surface area (Å²) < 4.78 is 224. The number of hydrogen-bond donors (Lipinski definition) is 14. The van der Waals surface area contributed by atoms with Gasteiger partial charge in [0.15, 0.2) is 50.3 Å². The third-order valence-corrected chi connectivity index (χ3v) is 22.4. The second-order valence-electron chi connectivity index (χ2n) is 28.5. The minimum absolute atomic E-state index is 0.0373. The van der Waals surface area contributed by atoms with E-state index in [1.807, 2.05) is 0 Å². The van der Waals surface area contributed by atoms with Crippen LogP contribution >= 0.6 is 36.7 Å². The van der Waals surface area contributed by atoms with Gasteiger partial charge in [0.25, 0.3) is 0 Å². The molecule has 0 spiro atoms. The molecule has 8 rings (SSSR count). The summed E-state index contributed by atoms with van der Waals surface area (Å²) in [4.78, 5) is 102. The van der Waals surface area contributed by atoms with Crippen molar-refractivity contribution in [3.05, 3.63) is 0 Å². The molecule has 8 heterocycles. The molecule has 8 aliphatic rings. The molecule has 8 saturated heterocycles. The Morgan fingerprint density at radius 3 is 0.920 bits per heavy atom. The van der Waals surface area contributed by atoms with Crippen LogP contribution in [0.25, 0.3) is 0 Å². The molecule has 804 valence electrons. The van der Waals surface area contributed by atoms with Crippen LogP contribution in [0, 0.1) is 0 Å². The minimum atomic E-state index is -5.43. The second kappa shape index (κ2) is 62.2. The highest BCUT2D eigenvalue weighted by Gasteiger charge is 2.59. The van der Waals surface area contributed by atoms with Gasteiger partial charge in [-0.15, -0.1) is 33.9 Å². The van der Waals surface area contributed by atoms with Crippen LogP contribution in [-0.2, 0) is 202 Å². The standard InChI is InChI=1S/C16H27NO16S2.C16H27NO15S.C16H26NO15S.C16H26NO12.2O3S/c1-5(19)17-7-9(8(20)6(4-18)29-15(7)28-3)30-16-13(35(24,25)26)12(34-33-32-23)10(27-2)11(31-16)14(21)22;2*1-5(18)17-7-11(8(19)6(28-15(7)26-3)4-27-31-32-33-24)29-16-10(21)9(20)12(25-2)13(30-16)14(22)23;1-5(19)17-7-11(8(20)6(4-18)27-15(7)26-3)28-16-10(22)9(21)12(25-2)13(29-16)14(23)24;2*1-4(2)3/h6-13,15-16,18,20,23H,4H2,1-3H3,(H,17,19)(H,21,22)(H,24,25,26);6-13,15-16,19-21,24H,4H2,1-3H3,(H,17,18)(H,22,23);6-13,15-16,20-21,24H,4H2,1-3H3,(H,17,18)(H,22,23);6-13,15-16,18,21-22H,4H2,1-3H3,(H,17,19)(H,23,24);;/q;;2*-1;;/p-8/t6?,7?,8-,9+,10+,11?,12-,13?,15+,16+;3*6?,7?,8-,9+,10?,11+,12-,13?,15+,16+;;/m0000../s1. The van der Waals surface area contributed by atoms with Crippen LogP contribution in [0.1, 0.15) is 27.7 Å². The zero-order valence-corrected chi connectivity index (χ0v) is 77.8. The molecule has 0 radical (unpaired) electrons. The van der Waals surface area contributed by atoms with Crippen LogP contribution in [-0.4, -0.2) is 473 Å². The number of aliphatic hydroxyl groups excluding tert-OH is 10. The van der Waals surface area contributed by atoms with Crippen LogP contribution in [0.4, 0.5) is 0 Å². The molecule has 16 unspecified atom stereocenters. The summed E-state index contributed by atoms with van der Waals surface area (Å²) in [5, 5.41) is 201. The first-order valence-electron chi connectivity index (χ1n) is 38.4. The van der Waals surface area contributed by atoms with E-state index in [0.717, 1.165) is 49.4 Å². The van der Waals surface area contributed by atoms with Gasteiger partial charge in [0.05, 0.1) is 66.8 Å². The number of carbonyl (C=O) groups excluding carboxylic acids is 8. The number of carbonyl (C=O) groups is 8. The number of aliphatic hydroxyl groups is 10. The number of carboxylic acids is 4. The Balaban J connectivity index is 0.000000461. The zero-order valence-electron chi connectivity index (χ0n) is 72.9. The number of hydrogen-bond acceptors (Lipinski definition) is 67. The van der Waals surface area contributed by atoms with Gasteiger partial charge in [-0.05, 0) is 0 Å². The normalized spacial score (nSPS) is 37.8. The second-order valence-corrected chi connectivity index (χ2v) is 32.2. The van der Waals surface area contributed by atoms with Crippen molar-refractivity contribution in [1.82, 2.24) is 21.3 Å². The highest BCUT2D eigenvalue weighted by atomic mass is 32.2. The van der Waals surface area contributed by atoms with Crippen LogP contribution in [0.5, 0.6) is 0 Å². The van der Waals surface area contributed by atoms with Gasteiger partial charge in [0.2, 0.25) is 23.6 Å². The maximum absolute atomic E-state index is 13.1. The quantitative estimate of drug-likeness (QED) is 0.00891. The fourth-order valence-corrected chi connectivity index (χ4v) is 16.4. The van der Waals surface area contributed by atoms with Gasteiger partial charge in [-0.2, -0.15) is 4.33 Å². The Hall–Kier alpha value is -5.76. The van der Waals surface area contributed by atoms with E-state index in [1.165, 1.54) is 35.2 Å². The van der Waals surface area contributed by atoms with Gasteiger partial charge in [-0.3, -0.25) is 24.2 Å². The Kier molecular flexibility index (Phi) is 56.9. The predicted octanol–water partition coefficient (Wildman–Crippen LogP) is -23.3. The van der Waals surface area contributed by atoms with E-state index in [-0.39, 0.29) is 12.0 Å². The Morgan fingerprint density at radius 1 is 0.362 bits per heavy atom. The van der Waals surface area contributed by atoms with Crippen molar-refractivity contribution in [2.75, 3.05) is 83.3 Å². The number of carboxylic acid groups (broad SMARTS) is 4. The molecule has 0 aromatic rings. The fraction of sp³-hybridized carbons (Fsp3) is 0.875. The summed E-state index contributed by atoms with van der Waals surface area (Å²) in [5.41, 5.74) is 0. The molecule has 8 aliphatic heterocycles. The molecule has 14 N–H and O–H groups in total. The first-order valence-corrected chi connectivity index (χ1v) is 44.0. The van der Waals surface area contributed by atoms with E-state index in [2.05, 4.69) is 59.2 Å². The molecule has 138 heavy (non-hydrogen) atoms. The largest absolute Gasteiger partial charge is 0.848 e. The number of nitrogens with one attached hydrogen (secondary N) is 4. The lowest BCUT2D eigenvalue weighted by atomic mass is 9.95.